The zero-order valence-electron chi connectivity index (χ0n) is 5.93. The Bertz CT molecular complexity index is 73.3. The third-order valence-electron chi connectivity index (χ3n) is 1.49. The lowest BCUT2D eigenvalue weighted by atomic mass is 10.0. The van der Waals surface area contributed by atoms with E-state index in [1.807, 2.05) is 0 Å². The van der Waals surface area contributed by atoms with E-state index in [9.17, 15) is 0 Å². The molecule has 0 amide bonds. The van der Waals surface area contributed by atoms with Crippen LogP contribution in [-0.4, -0.2) is 17.9 Å². The molecule has 2 heteroatoms. The van der Waals surface area contributed by atoms with Crippen LogP contribution >= 0.6 is 0 Å². The molecule has 54 valence electrons. The molecule has 0 rings (SSSR count). The molecule has 1 atom stereocenters. The standard InChI is InChI=1S/C7H15NO/c1-2-7(6-8)4-3-5-9/h6-9H,2-5H2,1H3. The number of hydrogen-bond donors (Lipinski definition) is 2. The first-order chi connectivity index (χ1) is 4.35. The Labute approximate surface area is 56.4 Å². The Kier molecular flexibility index (Phi) is 5.52. The van der Waals surface area contributed by atoms with Crippen molar-refractivity contribution in [1.29, 1.82) is 5.41 Å². The Morgan fingerprint density at radius 1 is 1.67 bits per heavy atom. The van der Waals surface area contributed by atoms with Crippen molar-refractivity contribution in [2.24, 2.45) is 5.92 Å². The van der Waals surface area contributed by atoms with Crippen molar-refractivity contribution in [3.8, 4) is 0 Å². The minimum Gasteiger partial charge on any atom is -0.396 e. The molecule has 0 aliphatic rings. The summed E-state index contributed by atoms with van der Waals surface area (Å²) in [6, 6.07) is 0. The molecule has 0 aliphatic carbocycles. The predicted octanol–water partition coefficient (Wildman–Crippen LogP) is 1.43. The van der Waals surface area contributed by atoms with Crippen LogP contribution in [0.1, 0.15) is 26.2 Å². The third kappa shape index (κ3) is 4.15. The zero-order chi connectivity index (χ0) is 7.11. The van der Waals surface area contributed by atoms with Gasteiger partial charge in [-0.15, -0.1) is 0 Å². The van der Waals surface area contributed by atoms with Crippen LogP contribution in [0.5, 0.6) is 0 Å². The van der Waals surface area contributed by atoms with Crippen molar-refractivity contribution in [1.82, 2.24) is 0 Å². The maximum Gasteiger partial charge on any atom is 0.0431 e. The van der Waals surface area contributed by atoms with E-state index in [0.717, 1.165) is 19.3 Å². The molecule has 0 aromatic carbocycles. The van der Waals surface area contributed by atoms with Crippen LogP contribution in [0.3, 0.4) is 0 Å². The molecule has 2 nitrogen and oxygen atoms in total. The van der Waals surface area contributed by atoms with Crippen molar-refractivity contribution >= 4 is 6.21 Å². The molecule has 0 aromatic rings. The molecule has 0 heterocycles. The van der Waals surface area contributed by atoms with E-state index in [0.29, 0.717) is 5.92 Å². The minimum atomic E-state index is 0.254. The fourth-order valence-electron chi connectivity index (χ4n) is 0.759. The monoisotopic (exact) mass is 129 g/mol. The van der Waals surface area contributed by atoms with Crippen LogP contribution in [0, 0.1) is 11.3 Å². The lowest BCUT2D eigenvalue weighted by molar-refractivity contribution is 0.278. The topological polar surface area (TPSA) is 44.1 Å². The first kappa shape index (κ1) is 8.63. The molecule has 0 radical (unpaired) electrons. The van der Waals surface area contributed by atoms with Crippen molar-refractivity contribution in [3.05, 3.63) is 0 Å². The van der Waals surface area contributed by atoms with Crippen molar-refractivity contribution in [3.63, 3.8) is 0 Å². The lowest BCUT2D eigenvalue weighted by Gasteiger charge is -2.04. The van der Waals surface area contributed by atoms with Crippen LogP contribution in [0.2, 0.25) is 0 Å². The molecule has 2 N–H and O–H groups in total. The van der Waals surface area contributed by atoms with Gasteiger partial charge < -0.3 is 10.5 Å². The van der Waals surface area contributed by atoms with E-state index in [-0.39, 0.29) is 6.61 Å². The van der Waals surface area contributed by atoms with Gasteiger partial charge in [0, 0.05) is 6.61 Å². The molecule has 0 aromatic heterocycles. The lowest BCUT2D eigenvalue weighted by Crippen LogP contribution is -2.00. The molecule has 0 spiro atoms. The molecular formula is C7H15NO. The van der Waals surface area contributed by atoms with Gasteiger partial charge >= 0.3 is 0 Å². The van der Waals surface area contributed by atoms with Gasteiger partial charge in [-0.1, -0.05) is 6.92 Å². The van der Waals surface area contributed by atoms with Gasteiger partial charge in [0.15, 0.2) is 0 Å². The molecule has 1 unspecified atom stereocenters. The van der Waals surface area contributed by atoms with Gasteiger partial charge in [-0.25, -0.2) is 0 Å². The maximum atomic E-state index is 8.43. The average Bonchev–Trinajstić information content (AvgIpc) is 1.91. The van der Waals surface area contributed by atoms with Crippen LogP contribution in [0.15, 0.2) is 0 Å². The number of rotatable bonds is 5. The molecule has 0 saturated heterocycles. The summed E-state index contributed by atoms with van der Waals surface area (Å²) in [5.74, 6) is 0.386. The Hall–Kier alpha value is -0.370. The number of nitrogens with one attached hydrogen (secondary N) is 1. The maximum absolute atomic E-state index is 8.43. The summed E-state index contributed by atoms with van der Waals surface area (Å²) in [5.41, 5.74) is 0. The second-order valence-electron chi connectivity index (χ2n) is 2.20. The quantitative estimate of drug-likeness (QED) is 0.542. The van der Waals surface area contributed by atoms with Gasteiger partial charge in [-0.2, -0.15) is 0 Å². The number of aliphatic hydroxyl groups is 1. The Morgan fingerprint density at radius 3 is 2.67 bits per heavy atom. The van der Waals surface area contributed by atoms with Crippen molar-refractivity contribution in [2.75, 3.05) is 6.61 Å². The van der Waals surface area contributed by atoms with Gasteiger partial charge in [0.05, 0.1) is 0 Å². The fourth-order valence-corrected chi connectivity index (χ4v) is 0.759. The molecular weight excluding hydrogens is 114 g/mol. The van der Waals surface area contributed by atoms with Crippen LogP contribution in [-0.2, 0) is 0 Å². The molecule has 0 saturated carbocycles. The summed E-state index contributed by atoms with van der Waals surface area (Å²) < 4.78 is 0. The van der Waals surface area contributed by atoms with E-state index in [2.05, 4.69) is 6.92 Å². The number of aliphatic hydroxyl groups excluding tert-OH is 1. The second-order valence-corrected chi connectivity index (χ2v) is 2.20. The van der Waals surface area contributed by atoms with E-state index in [1.165, 1.54) is 6.21 Å². The summed E-state index contributed by atoms with van der Waals surface area (Å²) in [4.78, 5) is 0. The SMILES string of the molecule is CCC(C=N)CCCO. The summed E-state index contributed by atoms with van der Waals surface area (Å²) in [6.07, 6.45) is 4.27. The van der Waals surface area contributed by atoms with Crippen molar-refractivity contribution < 1.29 is 5.11 Å². The highest BCUT2D eigenvalue weighted by atomic mass is 16.2. The van der Waals surface area contributed by atoms with Crippen LogP contribution < -0.4 is 0 Å². The van der Waals surface area contributed by atoms with E-state index >= 15 is 0 Å². The summed E-state index contributed by atoms with van der Waals surface area (Å²) in [5, 5.41) is 15.4. The Morgan fingerprint density at radius 2 is 2.33 bits per heavy atom. The predicted molar refractivity (Wildman–Crippen MR) is 38.9 cm³/mol. The van der Waals surface area contributed by atoms with Crippen molar-refractivity contribution in [2.45, 2.75) is 26.2 Å². The third-order valence-corrected chi connectivity index (χ3v) is 1.49. The van der Waals surface area contributed by atoms with E-state index < -0.39 is 0 Å². The van der Waals surface area contributed by atoms with Gasteiger partial charge in [0.25, 0.3) is 0 Å². The highest BCUT2D eigenvalue weighted by Gasteiger charge is 1.99. The molecule has 9 heavy (non-hydrogen) atoms. The van der Waals surface area contributed by atoms with Gasteiger partial charge in [0.2, 0.25) is 0 Å². The summed E-state index contributed by atoms with van der Waals surface area (Å²) in [6.45, 7) is 2.32. The van der Waals surface area contributed by atoms with E-state index in [1.54, 1.807) is 0 Å². The second kappa shape index (κ2) is 5.76. The highest BCUT2D eigenvalue weighted by Crippen LogP contribution is 2.06. The average molecular weight is 129 g/mol. The zero-order valence-corrected chi connectivity index (χ0v) is 5.93. The van der Waals surface area contributed by atoms with Gasteiger partial charge in [-0.3, -0.25) is 0 Å². The molecule has 0 aliphatic heterocycles. The highest BCUT2D eigenvalue weighted by molar-refractivity contribution is 5.56. The van der Waals surface area contributed by atoms with Gasteiger partial charge in [0.1, 0.15) is 0 Å². The Balaban J connectivity index is 3.20. The van der Waals surface area contributed by atoms with Crippen LogP contribution in [0.4, 0.5) is 0 Å². The smallest absolute Gasteiger partial charge is 0.0431 e. The molecule has 0 fully saturated rings. The fraction of sp³-hybridized carbons (Fsp3) is 0.857. The largest absolute Gasteiger partial charge is 0.396 e. The summed E-state index contributed by atoms with van der Waals surface area (Å²) in [7, 11) is 0. The van der Waals surface area contributed by atoms with Gasteiger partial charge in [-0.05, 0) is 31.4 Å². The van der Waals surface area contributed by atoms with Crippen LogP contribution in [0.25, 0.3) is 0 Å². The normalized spacial score (nSPS) is 13.1. The first-order valence-electron chi connectivity index (χ1n) is 3.46. The van der Waals surface area contributed by atoms with E-state index in [4.69, 9.17) is 10.5 Å². The molecule has 0 bridgehead atoms. The first-order valence-corrected chi connectivity index (χ1v) is 3.46. The number of hydrogen-bond acceptors (Lipinski definition) is 2. The minimum absolute atomic E-state index is 0.254. The summed E-state index contributed by atoms with van der Waals surface area (Å²) >= 11 is 0.